The van der Waals surface area contributed by atoms with Crippen LogP contribution in [-0.4, -0.2) is 18.0 Å². The second-order valence-electron chi connectivity index (χ2n) is 6.56. The lowest BCUT2D eigenvalue weighted by Crippen LogP contribution is -2.17. The van der Waals surface area contributed by atoms with Crippen LogP contribution in [0.1, 0.15) is 28.4 Å². The van der Waals surface area contributed by atoms with Crippen molar-refractivity contribution in [2.24, 2.45) is 5.10 Å². The Morgan fingerprint density at radius 2 is 1.68 bits per heavy atom. The molecule has 0 saturated carbocycles. The lowest BCUT2D eigenvalue weighted by Gasteiger charge is -2.07. The van der Waals surface area contributed by atoms with E-state index in [1.54, 1.807) is 48.5 Å². The van der Waals surface area contributed by atoms with Gasteiger partial charge in [-0.15, -0.1) is 0 Å². The van der Waals surface area contributed by atoms with Gasteiger partial charge in [-0.3, -0.25) is 9.59 Å². The fourth-order valence-corrected chi connectivity index (χ4v) is 2.91. The van der Waals surface area contributed by atoms with Crippen LogP contribution in [0, 0.1) is 0 Å². The third-order valence-corrected chi connectivity index (χ3v) is 4.86. The molecule has 6 nitrogen and oxygen atoms in total. The van der Waals surface area contributed by atoms with Crippen LogP contribution in [0.2, 0.25) is 10.0 Å². The number of amides is 2. The quantitative estimate of drug-likeness (QED) is 0.374. The summed E-state index contributed by atoms with van der Waals surface area (Å²) in [6.07, 6.45) is 1.53. The molecular weight excluding hydrogens is 437 g/mol. The highest BCUT2D eigenvalue weighted by atomic mass is 35.5. The van der Waals surface area contributed by atoms with E-state index in [1.807, 2.05) is 18.2 Å². The molecule has 2 amide bonds. The first kappa shape index (κ1) is 22.3. The maximum Gasteiger partial charge on any atom is 0.271 e. The summed E-state index contributed by atoms with van der Waals surface area (Å²) in [6, 6.07) is 19.1. The molecule has 0 spiro atoms. The van der Waals surface area contributed by atoms with E-state index in [-0.39, 0.29) is 11.8 Å². The van der Waals surface area contributed by atoms with Crippen molar-refractivity contribution >= 4 is 46.9 Å². The number of carbonyl (C=O) groups excluding carboxylic acids is 2. The van der Waals surface area contributed by atoms with Gasteiger partial charge in [0.15, 0.2) is 0 Å². The molecule has 3 aromatic rings. The topological polar surface area (TPSA) is 79.8 Å². The molecule has 8 heteroatoms. The van der Waals surface area contributed by atoms with Crippen LogP contribution in [0.4, 0.5) is 5.69 Å². The SMILES string of the molecule is CC(=O)Nc1ccc(C(=O)NN=Cc2ccc(OCc3ccc(Cl)c(Cl)c3)cc2)cc1. The van der Waals surface area contributed by atoms with E-state index in [0.717, 1.165) is 11.1 Å². The number of nitrogens with zero attached hydrogens (tertiary/aromatic N) is 1. The van der Waals surface area contributed by atoms with Gasteiger partial charge in [0.25, 0.3) is 5.91 Å². The summed E-state index contributed by atoms with van der Waals surface area (Å²) in [4.78, 5) is 23.2. The molecule has 158 valence electrons. The van der Waals surface area contributed by atoms with Crippen LogP contribution in [0.15, 0.2) is 71.8 Å². The number of rotatable bonds is 7. The van der Waals surface area contributed by atoms with Gasteiger partial charge in [0.2, 0.25) is 5.91 Å². The average Bonchev–Trinajstić information content (AvgIpc) is 2.75. The van der Waals surface area contributed by atoms with Gasteiger partial charge < -0.3 is 10.1 Å². The zero-order valence-electron chi connectivity index (χ0n) is 16.6. The minimum absolute atomic E-state index is 0.174. The first-order valence-corrected chi connectivity index (χ1v) is 10.0. The number of benzene rings is 3. The van der Waals surface area contributed by atoms with Gasteiger partial charge in [0.05, 0.1) is 16.3 Å². The fourth-order valence-electron chi connectivity index (χ4n) is 2.58. The summed E-state index contributed by atoms with van der Waals surface area (Å²) < 4.78 is 5.73. The number of carbonyl (C=O) groups is 2. The number of hydrogen-bond acceptors (Lipinski definition) is 4. The number of hydrazone groups is 1. The van der Waals surface area contributed by atoms with Crippen molar-refractivity contribution in [1.82, 2.24) is 5.43 Å². The second-order valence-corrected chi connectivity index (χ2v) is 7.38. The predicted octanol–water partition coefficient (Wildman–Crippen LogP) is 5.29. The van der Waals surface area contributed by atoms with Crippen molar-refractivity contribution in [2.45, 2.75) is 13.5 Å². The van der Waals surface area contributed by atoms with Gasteiger partial charge in [-0.05, 0) is 71.8 Å². The molecule has 0 bridgehead atoms. The Bertz CT molecular complexity index is 1100. The third-order valence-electron chi connectivity index (χ3n) is 4.12. The predicted molar refractivity (Wildman–Crippen MR) is 123 cm³/mol. The summed E-state index contributed by atoms with van der Waals surface area (Å²) in [5, 5.41) is 7.60. The maximum absolute atomic E-state index is 12.1. The molecule has 3 aromatic carbocycles. The number of halogens is 2. The number of anilines is 1. The molecule has 0 fully saturated rings. The number of ether oxygens (including phenoxy) is 1. The van der Waals surface area contributed by atoms with Gasteiger partial charge in [0, 0.05) is 18.2 Å². The van der Waals surface area contributed by atoms with Crippen molar-refractivity contribution in [2.75, 3.05) is 5.32 Å². The molecule has 0 unspecified atom stereocenters. The Balaban J connectivity index is 1.50. The van der Waals surface area contributed by atoms with Crippen molar-refractivity contribution < 1.29 is 14.3 Å². The smallest absolute Gasteiger partial charge is 0.271 e. The van der Waals surface area contributed by atoms with Crippen molar-refractivity contribution in [1.29, 1.82) is 0 Å². The Hall–Kier alpha value is -3.35. The highest BCUT2D eigenvalue weighted by Gasteiger charge is 2.05. The molecule has 3 rings (SSSR count). The zero-order chi connectivity index (χ0) is 22.2. The zero-order valence-corrected chi connectivity index (χ0v) is 18.1. The van der Waals surface area contributed by atoms with Crippen molar-refractivity contribution in [3.63, 3.8) is 0 Å². The molecule has 0 aliphatic rings. The standard InChI is InChI=1S/C23H19Cl2N3O3/c1-15(29)27-19-7-5-18(6-8-19)23(30)28-26-13-16-2-9-20(10-3-16)31-14-17-4-11-21(24)22(25)12-17/h2-13H,14H2,1H3,(H,27,29)(H,28,30). The monoisotopic (exact) mass is 455 g/mol. The highest BCUT2D eigenvalue weighted by molar-refractivity contribution is 6.42. The van der Waals surface area contributed by atoms with Crippen molar-refractivity contribution in [3.05, 3.63) is 93.5 Å². The van der Waals surface area contributed by atoms with Gasteiger partial charge >= 0.3 is 0 Å². The van der Waals surface area contributed by atoms with E-state index >= 15 is 0 Å². The van der Waals surface area contributed by atoms with E-state index in [1.165, 1.54) is 13.1 Å². The van der Waals surface area contributed by atoms with Gasteiger partial charge in [-0.25, -0.2) is 5.43 Å². The Morgan fingerprint density at radius 3 is 2.32 bits per heavy atom. The first-order valence-electron chi connectivity index (χ1n) is 9.28. The summed E-state index contributed by atoms with van der Waals surface area (Å²) in [5.41, 5.74) is 5.22. The first-order chi connectivity index (χ1) is 14.9. The average molecular weight is 456 g/mol. The molecule has 31 heavy (non-hydrogen) atoms. The molecule has 0 aliphatic heterocycles. The second kappa shape index (κ2) is 10.6. The van der Waals surface area contributed by atoms with E-state index in [2.05, 4.69) is 15.8 Å². The minimum Gasteiger partial charge on any atom is -0.489 e. The lowest BCUT2D eigenvalue weighted by atomic mass is 10.2. The van der Waals surface area contributed by atoms with Crippen LogP contribution in [0.25, 0.3) is 0 Å². The van der Waals surface area contributed by atoms with E-state index in [4.69, 9.17) is 27.9 Å². The molecule has 2 N–H and O–H groups in total. The van der Waals surface area contributed by atoms with E-state index < -0.39 is 0 Å². The number of nitrogens with one attached hydrogen (secondary N) is 2. The molecule has 0 atom stereocenters. The van der Waals surface area contributed by atoms with Crippen LogP contribution in [0.5, 0.6) is 5.75 Å². The molecule has 0 radical (unpaired) electrons. The molecular formula is C23H19Cl2N3O3. The summed E-state index contributed by atoms with van der Waals surface area (Å²) in [6.45, 7) is 1.78. The molecule has 0 heterocycles. The van der Waals surface area contributed by atoms with E-state index in [0.29, 0.717) is 33.7 Å². The third kappa shape index (κ3) is 6.84. The van der Waals surface area contributed by atoms with Gasteiger partial charge in [0.1, 0.15) is 12.4 Å². The van der Waals surface area contributed by atoms with Gasteiger partial charge in [-0.2, -0.15) is 5.10 Å². The van der Waals surface area contributed by atoms with Crippen LogP contribution in [-0.2, 0) is 11.4 Å². The summed E-state index contributed by atoms with van der Waals surface area (Å²) in [5.74, 6) is 0.159. The number of hydrogen-bond donors (Lipinski definition) is 2. The van der Waals surface area contributed by atoms with Gasteiger partial charge in [-0.1, -0.05) is 29.3 Å². The summed E-state index contributed by atoms with van der Waals surface area (Å²) >= 11 is 11.9. The van der Waals surface area contributed by atoms with Crippen LogP contribution >= 0.6 is 23.2 Å². The molecule has 0 aliphatic carbocycles. The largest absolute Gasteiger partial charge is 0.489 e. The Kier molecular flexibility index (Phi) is 7.65. The van der Waals surface area contributed by atoms with Crippen LogP contribution < -0.4 is 15.5 Å². The van der Waals surface area contributed by atoms with E-state index in [9.17, 15) is 9.59 Å². The maximum atomic E-state index is 12.1. The lowest BCUT2D eigenvalue weighted by molar-refractivity contribution is -0.114. The Labute approximate surface area is 189 Å². The molecule has 0 saturated heterocycles. The Morgan fingerprint density at radius 1 is 0.968 bits per heavy atom. The molecule has 0 aromatic heterocycles. The highest BCUT2D eigenvalue weighted by Crippen LogP contribution is 2.23. The minimum atomic E-state index is -0.354. The summed E-state index contributed by atoms with van der Waals surface area (Å²) in [7, 11) is 0. The fraction of sp³-hybridized carbons (Fsp3) is 0.0870. The van der Waals surface area contributed by atoms with Crippen molar-refractivity contribution in [3.8, 4) is 5.75 Å². The van der Waals surface area contributed by atoms with Crippen LogP contribution in [0.3, 0.4) is 0 Å². The normalized spacial score (nSPS) is 10.7.